The Hall–Kier alpha value is 0.440. The lowest BCUT2D eigenvalue weighted by atomic mass is 10.4. The minimum atomic E-state index is -3.48. The zero-order chi connectivity index (χ0) is 13.8. The molecule has 0 fully saturated rings. The van der Waals surface area contributed by atoms with Gasteiger partial charge >= 0.3 is 0 Å². The van der Waals surface area contributed by atoms with Crippen molar-refractivity contribution in [2.75, 3.05) is 11.5 Å². The quantitative estimate of drug-likeness (QED) is 0.769. The first-order valence-electron chi connectivity index (χ1n) is 5.42. The van der Waals surface area contributed by atoms with Crippen LogP contribution >= 0.6 is 43.6 Å². The minimum Gasteiger partial charge on any atom is -0.207 e. The van der Waals surface area contributed by atoms with Gasteiger partial charge in [-0.05, 0) is 46.8 Å². The summed E-state index contributed by atoms with van der Waals surface area (Å²) in [6, 6.07) is 5.00. The second-order valence-corrected chi connectivity index (χ2v) is 8.53. The average Bonchev–Trinajstić information content (AvgIpc) is 2.29. The number of benzene rings is 1. The number of thioether (sulfide) groups is 1. The number of hydrogen-bond acceptors (Lipinski definition) is 3. The van der Waals surface area contributed by atoms with Gasteiger partial charge in [0.05, 0.1) is 4.90 Å². The highest BCUT2D eigenvalue weighted by molar-refractivity contribution is 9.11. The molecule has 0 aromatic heterocycles. The van der Waals surface area contributed by atoms with Crippen LogP contribution in [0.5, 0.6) is 0 Å². The molecule has 0 saturated carbocycles. The first kappa shape index (κ1) is 16.5. The molecule has 0 heterocycles. The van der Waals surface area contributed by atoms with Gasteiger partial charge in [0.25, 0.3) is 0 Å². The van der Waals surface area contributed by atoms with Gasteiger partial charge in [0.1, 0.15) is 0 Å². The SMILES string of the molecule is CCSCC(C)NS(=O)(=O)c1cc(Br)ccc1Br. The van der Waals surface area contributed by atoms with Crippen LogP contribution in [0, 0.1) is 0 Å². The summed E-state index contributed by atoms with van der Waals surface area (Å²) in [5.41, 5.74) is 0. The number of sulfonamides is 1. The van der Waals surface area contributed by atoms with Crippen molar-refractivity contribution in [3.63, 3.8) is 0 Å². The molecule has 0 aliphatic carbocycles. The average molecular weight is 417 g/mol. The van der Waals surface area contributed by atoms with Crippen molar-refractivity contribution in [2.24, 2.45) is 0 Å². The smallest absolute Gasteiger partial charge is 0.207 e. The van der Waals surface area contributed by atoms with Crippen LogP contribution in [0.2, 0.25) is 0 Å². The molecule has 0 aliphatic heterocycles. The molecule has 0 aliphatic rings. The molecular formula is C11H15Br2NO2S2. The van der Waals surface area contributed by atoms with E-state index >= 15 is 0 Å². The molecule has 0 spiro atoms. The summed E-state index contributed by atoms with van der Waals surface area (Å²) >= 11 is 8.25. The molecule has 1 atom stereocenters. The lowest BCUT2D eigenvalue weighted by Gasteiger charge is -2.14. The lowest BCUT2D eigenvalue weighted by Crippen LogP contribution is -2.34. The van der Waals surface area contributed by atoms with Crippen LogP contribution in [0.15, 0.2) is 32.0 Å². The van der Waals surface area contributed by atoms with E-state index in [0.717, 1.165) is 16.0 Å². The van der Waals surface area contributed by atoms with E-state index in [2.05, 4.69) is 43.5 Å². The summed E-state index contributed by atoms with van der Waals surface area (Å²) in [6.45, 7) is 3.92. The standard InChI is InChI=1S/C11H15Br2NO2S2/c1-3-17-7-8(2)14-18(15,16)11-6-9(12)4-5-10(11)13/h4-6,8,14H,3,7H2,1-2H3. The van der Waals surface area contributed by atoms with Crippen molar-refractivity contribution < 1.29 is 8.42 Å². The minimum absolute atomic E-state index is 0.0918. The Labute approximate surface area is 129 Å². The van der Waals surface area contributed by atoms with Gasteiger partial charge in [-0.25, -0.2) is 13.1 Å². The van der Waals surface area contributed by atoms with Gasteiger partial charge in [0.15, 0.2) is 0 Å². The molecule has 0 amide bonds. The van der Waals surface area contributed by atoms with E-state index in [-0.39, 0.29) is 10.9 Å². The number of nitrogens with one attached hydrogen (secondary N) is 1. The van der Waals surface area contributed by atoms with Crippen molar-refractivity contribution in [2.45, 2.75) is 24.8 Å². The maximum atomic E-state index is 12.2. The molecule has 3 nitrogen and oxygen atoms in total. The monoisotopic (exact) mass is 415 g/mol. The highest BCUT2D eigenvalue weighted by Gasteiger charge is 2.20. The van der Waals surface area contributed by atoms with E-state index in [4.69, 9.17) is 0 Å². The van der Waals surface area contributed by atoms with E-state index in [1.807, 2.05) is 6.92 Å². The molecule has 0 saturated heterocycles. The first-order valence-corrected chi connectivity index (χ1v) is 9.64. The van der Waals surface area contributed by atoms with E-state index in [0.29, 0.717) is 4.47 Å². The molecule has 18 heavy (non-hydrogen) atoms. The van der Waals surface area contributed by atoms with Gasteiger partial charge in [0, 0.05) is 20.7 Å². The summed E-state index contributed by atoms with van der Waals surface area (Å²) in [5, 5.41) is 0. The molecular weight excluding hydrogens is 402 g/mol. The normalized spacial score (nSPS) is 13.6. The van der Waals surface area contributed by atoms with Crippen LogP contribution in [0.3, 0.4) is 0 Å². The van der Waals surface area contributed by atoms with E-state index in [1.54, 1.807) is 30.0 Å². The number of hydrogen-bond donors (Lipinski definition) is 1. The van der Waals surface area contributed by atoms with Crippen LogP contribution in [0.1, 0.15) is 13.8 Å². The molecule has 1 aromatic carbocycles. The van der Waals surface area contributed by atoms with Crippen LogP contribution in [0.4, 0.5) is 0 Å². The molecule has 1 rings (SSSR count). The summed E-state index contributed by atoms with van der Waals surface area (Å²) in [7, 11) is -3.48. The Balaban J connectivity index is 2.89. The van der Waals surface area contributed by atoms with E-state index < -0.39 is 10.0 Å². The predicted molar refractivity (Wildman–Crippen MR) is 84.6 cm³/mol. The molecule has 1 unspecified atom stereocenters. The largest absolute Gasteiger partial charge is 0.241 e. The summed E-state index contributed by atoms with van der Waals surface area (Å²) in [4.78, 5) is 0.255. The summed E-state index contributed by atoms with van der Waals surface area (Å²) in [5.74, 6) is 1.74. The highest BCUT2D eigenvalue weighted by Crippen LogP contribution is 2.25. The van der Waals surface area contributed by atoms with Gasteiger partial charge in [-0.2, -0.15) is 11.8 Å². The second-order valence-electron chi connectivity index (χ2n) is 3.76. The Morgan fingerprint density at radius 1 is 1.39 bits per heavy atom. The van der Waals surface area contributed by atoms with Crippen LogP contribution in [-0.4, -0.2) is 26.0 Å². The number of halogens is 2. The van der Waals surface area contributed by atoms with Crippen molar-refractivity contribution in [1.82, 2.24) is 4.72 Å². The zero-order valence-electron chi connectivity index (χ0n) is 10.1. The molecule has 1 aromatic rings. The Bertz CT molecular complexity index is 506. The van der Waals surface area contributed by atoms with Gasteiger partial charge in [-0.1, -0.05) is 22.9 Å². The third kappa shape index (κ3) is 4.85. The topological polar surface area (TPSA) is 46.2 Å². The molecule has 102 valence electrons. The lowest BCUT2D eigenvalue weighted by molar-refractivity contribution is 0.570. The fourth-order valence-corrected chi connectivity index (χ4v) is 4.86. The third-order valence-corrected chi connectivity index (χ3v) is 6.33. The Morgan fingerprint density at radius 2 is 2.06 bits per heavy atom. The van der Waals surface area contributed by atoms with Crippen LogP contribution in [0.25, 0.3) is 0 Å². The van der Waals surface area contributed by atoms with Gasteiger partial charge in [-0.15, -0.1) is 0 Å². The van der Waals surface area contributed by atoms with Gasteiger partial charge in [-0.3, -0.25) is 0 Å². The van der Waals surface area contributed by atoms with E-state index in [1.165, 1.54) is 0 Å². The molecule has 7 heteroatoms. The van der Waals surface area contributed by atoms with Crippen molar-refractivity contribution >= 4 is 53.6 Å². The highest BCUT2D eigenvalue weighted by atomic mass is 79.9. The van der Waals surface area contributed by atoms with Crippen LogP contribution in [-0.2, 0) is 10.0 Å². The van der Waals surface area contributed by atoms with Crippen molar-refractivity contribution in [1.29, 1.82) is 0 Å². The Morgan fingerprint density at radius 3 is 2.67 bits per heavy atom. The van der Waals surface area contributed by atoms with Gasteiger partial charge < -0.3 is 0 Å². The maximum Gasteiger partial charge on any atom is 0.241 e. The molecule has 0 bridgehead atoms. The third-order valence-electron chi connectivity index (χ3n) is 2.11. The summed E-state index contributed by atoms with van der Waals surface area (Å²) < 4.78 is 28.4. The molecule has 1 N–H and O–H groups in total. The predicted octanol–water partition coefficient (Wildman–Crippen LogP) is 3.63. The Kier molecular flexibility index (Phi) is 6.67. The second kappa shape index (κ2) is 7.28. The van der Waals surface area contributed by atoms with Crippen molar-refractivity contribution in [3.8, 4) is 0 Å². The number of rotatable bonds is 6. The fraction of sp³-hybridized carbons (Fsp3) is 0.455. The zero-order valence-corrected chi connectivity index (χ0v) is 14.9. The van der Waals surface area contributed by atoms with Gasteiger partial charge in [0.2, 0.25) is 10.0 Å². The summed E-state index contributed by atoms with van der Waals surface area (Å²) in [6.07, 6.45) is 0. The first-order chi connectivity index (χ1) is 8.36. The van der Waals surface area contributed by atoms with E-state index in [9.17, 15) is 8.42 Å². The molecule has 0 radical (unpaired) electrons. The van der Waals surface area contributed by atoms with Crippen LogP contribution < -0.4 is 4.72 Å². The fourth-order valence-electron chi connectivity index (χ4n) is 1.34. The maximum absolute atomic E-state index is 12.2. The van der Waals surface area contributed by atoms with Crippen molar-refractivity contribution in [3.05, 3.63) is 27.1 Å².